The van der Waals surface area contributed by atoms with Gasteiger partial charge in [0, 0.05) is 62.4 Å². The van der Waals surface area contributed by atoms with Gasteiger partial charge in [0.05, 0.1) is 25.7 Å². The summed E-state index contributed by atoms with van der Waals surface area (Å²) in [5.41, 5.74) is 1.89. The summed E-state index contributed by atoms with van der Waals surface area (Å²) in [6.07, 6.45) is 3.41. The van der Waals surface area contributed by atoms with Crippen LogP contribution in [0.2, 0.25) is 25.7 Å². The van der Waals surface area contributed by atoms with Crippen LogP contribution in [0, 0.1) is 17.0 Å². The number of fused-ring (bicyclic) bond motifs is 1. The summed E-state index contributed by atoms with van der Waals surface area (Å²) in [7, 11) is 0.305. The number of ether oxygens (including phenoxy) is 4. The summed E-state index contributed by atoms with van der Waals surface area (Å²) in [4.78, 5) is 16.9. The second-order valence-corrected chi connectivity index (χ2v) is 18.2. The van der Waals surface area contributed by atoms with Crippen molar-refractivity contribution in [2.24, 2.45) is 5.41 Å². The van der Waals surface area contributed by atoms with Crippen LogP contribution in [0.5, 0.6) is 17.2 Å². The number of aromatic nitrogens is 2. The average molecular weight is 625 g/mol. The minimum Gasteiger partial charge on any atom is -0.497 e. The number of benzene rings is 2. The molecule has 0 saturated carbocycles. The van der Waals surface area contributed by atoms with E-state index in [9.17, 15) is 4.79 Å². The van der Waals surface area contributed by atoms with Crippen LogP contribution in [0.1, 0.15) is 6.92 Å². The highest BCUT2D eigenvalue weighted by atomic mass is 28.3. The van der Waals surface area contributed by atoms with Crippen molar-refractivity contribution in [3.8, 4) is 28.4 Å². The van der Waals surface area contributed by atoms with Crippen LogP contribution in [0.15, 0.2) is 54.9 Å². The Morgan fingerprint density at radius 1 is 1.14 bits per heavy atom. The quantitative estimate of drug-likeness (QED) is 0.127. The molecule has 9 nitrogen and oxygen atoms in total. The van der Waals surface area contributed by atoms with Crippen molar-refractivity contribution in [3.05, 3.63) is 66.5 Å². The molecule has 2 N–H and O–H groups in total. The minimum absolute atomic E-state index is 0.0431. The number of anilines is 1. The van der Waals surface area contributed by atoms with E-state index in [-0.39, 0.29) is 23.6 Å². The monoisotopic (exact) mass is 624 g/mol. The van der Waals surface area contributed by atoms with E-state index in [1.54, 1.807) is 13.2 Å². The zero-order valence-electron chi connectivity index (χ0n) is 25.6. The molecule has 3 heterocycles. The lowest BCUT2D eigenvalue weighted by molar-refractivity contribution is -0.0974. The highest BCUT2D eigenvalue weighted by Crippen LogP contribution is 2.40. The van der Waals surface area contributed by atoms with E-state index in [0.29, 0.717) is 43.1 Å². The summed E-state index contributed by atoms with van der Waals surface area (Å²) >= 11 is 0. The zero-order valence-corrected chi connectivity index (χ0v) is 26.6. The third kappa shape index (κ3) is 7.37. The Morgan fingerprint density at radius 2 is 1.89 bits per heavy atom. The minimum atomic E-state index is -1.28. The predicted molar refractivity (Wildman–Crippen MR) is 168 cm³/mol. The number of hydrogen-bond acceptors (Lipinski definition) is 6. The van der Waals surface area contributed by atoms with E-state index >= 15 is 8.78 Å². The van der Waals surface area contributed by atoms with Crippen LogP contribution in [0.3, 0.4) is 0 Å². The number of halogens is 2. The number of carbonyl (C=O) groups is 1. The van der Waals surface area contributed by atoms with Crippen molar-refractivity contribution < 1.29 is 32.5 Å². The van der Waals surface area contributed by atoms with Crippen LogP contribution >= 0.6 is 0 Å². The fourth-order valence-corrected chi connectivity index (χ4v) is 5.54. The second-order valence-electron chi connectivity index (χ2n) is 12.6. The number of hydrogen-bond donors (Lipinski definition) is 2. The van der Waals surface area contributed by atoms with Gasteiger partial charge in [0.25, 0.3) is 0 Å². The second kappa shape index (κ2) is 12.9. The maximum absolute atomic E-state index is 15.3. The maximum Gasteiger partial charge on any atom is 0.319 e. The van der Waals surface area contributed by atoms with Crippen LogP contribution in [-0.2, 0) is 16.2 Å². The number of rotatable bonds is 12. The van der Waals surface area contributed by atoms with Gasteiger partial charge < -0.3 is 34.1 Å². The van der Waals surface area contributed by atoms with Gasteiger partial charge in [0.2, 0.25) is 0 Å². The molecule has 1 aliphatic heterocycles. The lowest BCUT2D eigenvalue weighted by atomic mass is 9.89. The first-order chi connectivity index (χ1) is 20.9. The standard InChI is InChI=1S/C32H38F2N4O5Si/c1-32(18-42-19-32)17-36-31(39)37-22-14-25(33)29(26(34)15-22)43-27-9-10-35-30-28(27)24(21-7-6-8-23(13-21)40-2)16-38(30)20-41-11-12-44(3,4)5/h6-10,13-16H,11-12,17-20H2,1-5H3,(H2,36,37,39). The van der Waals surface area contributed by atoms with Crippen molar-refractivity contribution in [3.63, 3.8) is 0 Å². The molecule has 1 fully saturated rings. The lowest BCUT2D eigenvalue weighted by Gasteiger charge is -2.37. The molecule has 1 aliphatic rings. The molecule has 44 heavy (non-hydrogen) atoms. The first kappa shape index (κ1) is 31.4. The SMILES string of the molecule is COc1cccc(-c2cn(COCC[Si](C)(C)C)c3nccc(Oc4c(F)cc(NC(=O)NCC5(C)COC5)cc4F)c23)c1. The smallest absolute Gasteiger partial charge is 0.319 e. The summed E-state index contributed by atoms with van der Waals surface area (Å²) in [6.45, 7) is 11.2. The number of urea groups is 1. The van der Waals surface area contributed by atoms with Gasteiger partial charge in [-0.05, 0) is 29.8 Å². The lowest BCUT2D eigenvalue weighted by Crippen LogP contribution is -2.49. The van der Waals surface area contributed by atoms with Gasteiger partial charge in [-0.25, -0.2) is 18.6 Å². The molecule has 0 aliphatic carbocycles. The van der Waals surface area contributed by atoms with E-state index in [1.165, 1.54) is 6.20 Å². The average Bonchev–Trinajstić information content (AvgIpc) is 3.34. The Balaban J connectivity index is 1.43. The molecule has 0 atom stereocenters. The van der Waals surface area contributed by atoms with Gasteiger partial charge in [-0.3, -0.25) is 0 Å². The summed E-state index contributed by atoms with van der Waals surface area (Å²) in [5, 5.41) is 5.75. The molecule has 1 saturated heterocycles. The first-order valence-electron chi connectivity index (χ1n) is 14.4. The van der Waals surface area contributed by atoms with Gasteiger partial charge in [0.1, 0.15) is 23.9 Å². The van der Waals surface area contributed by atoms with Crippen LogP contribution in [0.25, 0.3) is 22.2 Å². The predicted octanol–water partition coefficient (Wildman–Crippen LogP) is 7.25. The molecule has 5 rings (SSSR count). The fourth-order valence-electron chi connectivity index (χ4n) is 4.78. The van der Waals surface area contributed by atoms with E-state index < -0.39 is 31.5 Å². The molecule has 0 unspecified atom stereocenters. The molecule has 2 amide bonds. The normalized spacial score (nSPS) is 14.2. The molecule has 2 aromatic heterocycles. The van der Waals surface area contributed by atoms with E-state index in [1.807, 2.05) is 42.0 Å². The zero-order chi connectivity index (χ0) is 31.5. The van der Waals surface area contributed by atoms with Crippen LogP contribution in [-0.4, -0.2) is 57.1 Å². The summed E-state index contributed by atoms with van der Waals surface area (Å²) < 4.78 is 55.0. The Labute approximate surface area is 256 Å². The van der Waals surface area contributed by atoms with E-state index in [0.717, 1.165) is 29.3 Å². The number of carbonyl (C=O) groups excluding carboxylic acids is 1. The van der Waals surface area contributed by atoms with Crippen molar-refractivity contribution in [1.82, 2.24) is 14.9 Å². The molecule has 234 valence electrons. The van der Waals surface area contributed by atoms with Crippen molar-refractivity contribution in [1.29, 1.82) is 0 Å². The molecular weight excluding hydrogens is 586 g/mol. The van der Waals surface area contributed by atoms with Crippen LogP contribution < -0.4 is 20.1 Å². The largest absolute Gasteiger partial charge is 0.497 e. The Bertz CT molecular complexity index is 1630. The van der Waals surface area contributed by atoms with Crippen molar-refractivity contribution in [2.45, 2.75) is 39.3 Å². The third-order valence-corrected chi connectivity index (χ3v) is 9.08. The van der Waals surface area contributed by atoms with Gasteiger partial charge in [-0.15, -0.1) is 0 Å². The van der Waals surface area contributed by atoms with Gasteiger partial charge >= 0.3 is 6.03 Å². The molecule has 0 spiro atoms. The highest BCUT2D eigenvalue weighted by Gasteiger charge is 2.33. The number of nitrogens with one attached hydrogen (secondary N) is 2. The number of pyridine rings is 1. The Hall–Kier alpha value is -4.00. The number of nitrogens with zero attached hydrogens (tertiary/aromatic N) is 2. The van der Waals surface area contributed by atoms with Gasteiger partial charge in [-0.1, -0.05) is 38.7 Å². The number of methoxy groups -OCH3 is 1. The fraction of sp³-hybridized carbons (Fsp3) is 0.375. The third-order valence-electron chi connectivity index (χ3n) is 7.37. The van der Waals surface area contributed by atoms with Crippen molar-refractivity contribution in [2.75, 3.05) is 38.8 Å². The molecule has 0 bridgehead atoms. The molecule has 12 heteroatoms. The molecule has 0 radical (unpaired) electrons. The van der Waals surface area contributed by atoms with Crippen LogP contribution in [0.4, 0.5) is 19.3 Å². The van der Waals surface area contributed by atoms with E-state index in [2.05, 4.69) is 35.3 Å². The van der Waals surface area contributed by atoms with E-state index in [4.69, 9.17) is 18.9 Å². The topological polar surface area (TPSA) is 95.9 Å². The Morgan fingerprint density at radius 3 is 2.55 bits per heavy atom. The molecule has 2 aromatic carbocycles. The van der Waals surface area contributed by atoms with Gasteiger partial charge in [0.15, 0.2) is 17.4 Å². The summed E-state index contributed by atoms with van der Waals surface area (Å²) in [6, 6.07) is 11.5. The number of amides is 2. The first-order valence-corrected chi connectivity index (χ1v) is 18.1. The van der Waals surface area contributed by atoms with Crippen molar-refractivity contribution >= 4 is 30.8 Å². The van der Waals surface area contributed by atoms with Gasteiger partial charge in [-0.2, -0.15) is 0 Å². The molecule has 4 aromatic rings. The highest BCUT2D eigenvalue weighted by molar-refractivity contribution is 6.76. The maximum atomic E-state index is 15.3. The Kier molecular flexibility index (Phi) is 9.23. The molecular formula is C32H38F2N4O5Si. The summed E-state index contributed by atoms with van der Waals surface area (Å²) in [5.74, 6) is -1.68.